The van der Waals surface area contributed by atoms with Gasteiger partial charge in [0.05, 0.1) is 12.0 Å². The van der Waals surface area contributed by atoms with Crippen molar-refractivity contribution in [2.24, 2.45) is 11.8 Å². The maximum absolute atomic E-state index is 13.2. The average Bonchev–Trinajstić information content (AvgIpc) is 2.88. The first-order valence-corrected chi connectivity index (χ1v) is 8.37. The second-order valence-electron chi connectivity index (χ2n) is 6.67. The van der Waals surface area contributed by atoms with E-state index in [1.165, 1.54) is 12.3 Å². The van der Waals surface area contributed by atoms with E-state index in [0.717, 1.165) is 6.07 Å². The number of pyridine rings is 1. The van der Waals surface area contributed by atoms with Crippen LogP contribution in [-0.2, 0) is 15.8 Å². The lowest BCUT2D eigenvalue weighted by atomic mass is 9.92. The number of carbonyl (C=O) groups is 2. The van der Waals surface area contributed by atoms with E-state index in [0.29, 0.717) is 0 Å². The Hall–Kier alpha value is -2.84. The molecule has 3 rings (SSSR count). The number of Topliss-reactive ketones (excluding diaryl/α,β-unsaturated/α-hetero) is 2. The van der Waals surface area contributed by atoms with Crippen LogP contribution in [-0.4, -0.2) is 32.6 Å². The number of ketones is 2. The van der Waals surface area contributed by atoms with E-state index in [1.807, 2.05) is 0 Å². The first-order valence-electron chi connectivity index (χ1n) is 8.37. The zero-order valence-corrected chi connectivity index (χ0v) is 14.6. The van der Waals surface area contributed by atoms with Gasteiger partial charge in [-0.15, -0.1) is 0 Å². The van der Waals surface area contributed by atoms with Crippen LogP contribution in [0.1, 0.15) is 26.0 Å². The van der Waals surface area contributed by atoms with Crippen molar-refractivity contribution in [2.45, 2.75) is 32.5 Å². The third-order valence-electron chi connectivity index (χ3n) is 4.30. The van der Waals surface area contributed by atoms with Gasteiger partial charge in [-0.3, -0.25) is 14.6 Å². The van der Waals surface area contributed by atoms with Gasteiger partial charge in [-0.2, -0.15) is 13.2 Å². The maximum atomic E-state index is 13.2. The minimum atomic E-state index is -4.70. The molecule has 0 bridgehead atoms. The number of carbonyl (C=O) groups excluding carboxylic acids is 2. The summed E-state index contributed by atoms with van der Waals surface area (Å²) in [6.07, 6.45) is -3.36. The molecule has 0 aromatic carbocycles. The number of nitrogens with zero attached hydrogens (tertiary/aromatic N) is 3. The molecule has 0 amide bonds. The van der Waals surface area contributed by atoms with Gasteiger partial charge < -0.3 is 5.32 Å². The summed E-state index contributed by atoms with van der Waals surface area (Å²) in [5, 5.41) is 2.68. The van der Waals surface area contributed by atoms with Crippen LogP contribution in [0.3, 0.4) is 0 Å². The van der Waals surface area contributed by atoms with E-state index in [9.17, 15) is 22.8 Å². The molecule has 2 unspecified atom stereocenters. The van der Waals surface area contributed by atoms with Gasteiger partial charge in [0.1, 0.15) is 17.3 Å². The fraction of sp³-hybridized carbons (Fsp3) is 0.389. The van der Waals surface area contributed by atoms with Crippen molar-refractivity contribution in [1.82, 2.24) is 15.0 Å². The van der Waals surface area contributed by atoms with Crippen LogP contribution >= 0.6 is 0 Å². The zero-order chi connectivity index (χ0) is 19.8. The van der Waals surface area contributed by atoms with E-state index >= 15 is 0 Å². The monoisotopic (exact) mass is 378 g/mol. The molecule has 2 aromatic rings. The molecule has 142 valence electrons. The summed E-state index contributed by atoms with van der Waals surface area (Å²) in [5.74, 6) is -1.86. The summed E-state index contributed by atoms with van der Waals surface area (Å²) in [5.41, 5.74) is -0.988. The highest BCUT2D eigenvalue weighted by Crippen LogP contribution is 2.32. The van der Waals surface area contributed by atoms with Crippen LogP contribution in [0.4, 0.5) is 19.0 Å². The van der Waals surface area contributed by atoms with Crippen molar-refractivity contribution in [2.75, 3.05) is 5.32 Å². The predicted molar refractivity (Wildman–Crippen MR) is 90.6 cm³/mol. The quantitative estimate of drug-likeness (QED) is 0.823. The summed E-state index contributed by atoms with van der Waals surface area (Å²) in [7, 11) is 0. The van der Waals surface area contributed by atoms with Gasteiger partial charge in [0.15, 0.2) is 17.3 Å². The fourth-order valence-corrected chi connectivity index (χ4v) is 3.08. The largest absolute Gasteiger partial charge is 0.433 e. The Balaban J connectivity index is 1.96. The van der Waals surface area contributed by atoms with E-state index in [1.54, 1.807) is 26.0 Å². The summed E-state index contributed by atoms with van der Waals surface area (Å²) < 4.78 is 39.7. The first kappa shape index (κ1) is 18.9. The van der Waals surface area contributed by atoms with Crippen LogP contribution in [0, 0.1) is 11.8 Å². The van der Waals surface area contributed by atoms with Crippen molar-refractivity contribution < 1.29 is 22.8 Å². The van der Waals surface area contributed by atoms with Gasteiger partial charge in [0.25, 0.3) is 0 Å². The third-order valence-corrected chi connectivity index (χ3v) is 4.30. The van der Waals surface area contributed by atoms with Crippen molar-refractivity contribution in [3.63, 3.8) is 0 Å². The lowest BCUT2D eigenvalue weighted by Gasteiger charge is -2.16. The SMILES string of the molecule is CC(C)C1C(=O)CC(Nc2cc(C(F)(F)F)nc(-c3ccccn3)n2)C1=O. The molecule has 6 nitrogen and oxygen atoms in total. The maximum Gasteiger partial charge on any atom is 0.433 e. The van der Waals surface area contributed by atoms with E-state index in [-0.39, 0.29) is 41.2 Å². The molecule has 2 atom stereocenters. The molecule has 0 spiro atoms. The molecule has 1 aliphatic rings. The molecular formula is C18H17F3N4O2. The van der Waals surface area contributed by atoms with E-state index < -0.39 is 23.8 Å². The first-order chi connectivity index (χ1) is 12.7. The van der Waals surface area contributed by atoms with Crippen molar-refractivity contribution in [3.05, 3.63) is 36.2 Å². The number of aromatic nitrogens is 3. The molecule has 27 heavy (non-hydrogen) atoms. The number of halogens is 3. The lowest BCUT2D eigenvalue weighted by Crippen LogP contribution is -2.30. The number of hydrogen-bond acceptors (Lipinski definition) is 6. The fourth-order valence-electron chi connectivity index (χ4n) is 3.08. The Kier molecular flexibility index (Phi) is 4.95. The summed E-state index contributed by atoms with van der Waals surface area (Å²) in [6.45, 7) is 3.52. The van der Waals surface area contributed by atoms with Gasteiger partial charge in [0, 0.05) is 18.7 Å². The topological polar surface area (TPSA) is 84.8 Å². The molecule has 1 N–H and O–H groups in total. The molecular weight excluding hydrogens is 361 g/mol. The van der Waals surface area contributed by atoms with Crippen molar-refractivity contribution in [3.8, 4) is 11.5 Å². The third kappa shape index (κ3) is 3.96. The highest BCUT2D eigenvalue weighted by atomic mass is 19.4. The minimum absolute atomic E-state index is 0.0774. The second-order valence-corrected chi connectivity index (χ2v) is 6.67. The average molecular weight is 378 g/mol. The number of alkyl halides is 3. The smallest absolute Gasteiger partial charge is 0.360 e. The Morgan fingerprint density at radius 2 is 1.93 bits per heavy atom. The summed E-state index contributed by atoms with van der Waals surface area (Å²) in [6, 6.07) is 4.53. The van der Waals surface area contributed by atoms with Gasteiger partial charge in [-0.25, -0.2) is 9.97 Å². The Bertz CT molecular complexity index is 869. The second kappa shape index (κ2) is 7.05. The van der Waals surface area contributed by atoms with Gasteiger partial charge in [0.2, 0.25) is 0 Å². The molecule has 0 radical (unpaired) electrons. The molecule has 0 aliphatic heterocycles. The number of anilines is 1. The summed E-state index contributed by atoms with van der Waals surface area (Å²) in [4.78, 5) is 36.1. The molecule has 2 heterocycles. The van der Waals surface area contributed by atoms with Gasteiger partial charge in [-0.05, 0) is 18.1 Å². The van der Waals surface area contributed by atoms with Gasteiger partial charge >= 0.3 is 6.18 Å². The molecule has 1 saturated carbocycles. The van der Waals surface area contributed by atoms with Crippen LogP contribution < -0.4 is 5.32 Å². The normalized spacial score (nSPS) is 20.4. The Morgan fingerprint density at radius 3 is 2.48 bits per heavy atom. The predicted octanol–water partition coefficient (Wildman–Crippen LogP) is 3.15. The Morgan fingerprint density at radius 1 is 1.19 bits per heavy atom. The van der Waals surface area contributed by atoms with E-state index in [4.69, 9.17) is 0 Å². The molecule has 0 saturated heterocycles. The highest BCUT2D eigenvalue weighted by molar-refractivity contribution is 6.13. The molecule has 1 aliphatic carbocycles. The minimum Gasteiger partial charge on any atom is -0.360 e. The summed E-state index contributed by atoms with van der Waals surface area (Å²) >= 11 is 0. The van der Waals surface area contributed by atoms with Crippen molar-refractivity contribution in [1.29, 1.82) is 0 Å². The number of nitrogens with one attached hydrogen (secondary N) is 1. The molecule has 9 heteroatoms. The molecule has 2 aromatic heterocycles. The standard InChI is InChI=1S/C18H17F3N4O2/c1-9(2)15-12(26)7-11(16(15)27)23-14-8-13(18(19,20)21)24-17(25-14)10-5-3-4-6-22-10/h3-6,8-9,11,15H,7H2,1-2H3,(H,23,24,25). The highest BCUT2D eigenvalue weighted by Gasteiger charge is 2.43. The molecule has 1 fully saturated rings. The van der Waals surface area contributed by atoms with Crippen LogP contribution in [0.15, 0.2) is 30.5 Å². The Labute approximate surface area is 153 Å². The van der Waals surface area contributed by atoms with Gasteiger partial charge in [-0.1, -0.05) is 19.9 Å². The van der Waals surface area contributed by atoms with Crippen LogP contribution in [0.25, 0.3) is 11.5 Å². The number of rotatable bonds is 4. The zero-order valence-electron chi connectivity index (χ0n) is 14.6. The van der Waals surface area contributed by atoms with Crippen molar-refractivity contribution >= 4 is 17.4 Å². The van der Waals surface area contributed by atoms with Crippen LogP contribution in [0.5, 0.6) is 0 Å². The van der Waals surface area contributed by atoms with E-state index in [2.05, 4.69) is 20.3 Å². The van der Waals surface area contributed by atoms with Crippen LogP contribution in [0.2, 0.25) is 0 Å². The lowest BCUT2D eigenvalue weighted by molar-refractivity contribution is -0.141. The number of hydrogen-bond donors (Lipinski definition) is 1.